The van der Waals surface area contributed by atoms with Gasteiger partial charge in [0.2, 0.25) is 0 Å². The summed E-state index contributed by atoms with van der Waals surface area (Å²) in [5.74, 6) is 0. The van der Waals surface area contributed by atoms with Crippen molar-refractivity contribution >= 4 is 0 Å². The van der Waals surface area contributed by atoms with Gasteiger partial charge in [0.05, 0.1) is 0 Å². The van der Waals surface area contributed by atoms with Gasteiger partial charge < -0.3 is 21.9 Å². The molecule has 0 aromatic carbocycles. The Balaban J connectivity index is 0. The number of hydrogen-bond acceptors (Lipinski definition) is 0. The fourth-order valence-corrected chi connectivity index (χ4v) is 0. The van der Waals surface area contributed by atoms with Gasteiger partial charge in [0.15, 0.2) is 0 Å². The van der Waals surface area contributed by atoms with Crippen LogP contribution in [-0.2, 0) is 0 Å². The van der Waals surface area contributed by atoms with Gasteiger partial charge in [0.25, 0.3) is 0 Å². The van der Waals surface area contributed by atoms with Crippen LogP contribution in [-0.4, -0.2) is 21.9 Å². The molecule has 0 spiro atoms. The van der Waals surface area contributed by atoms with Crippen LogP contribution >= 0.6 is 0 Å². The Kier molecular flexibility index (Phi) is 1600. The van der Waals surface area contributed by atoms with E-state index < -0.39 is 0 Å². The van der Waals surface area contributed by atoms with E-state index in [1.54, 1.807) is 0 Å². The van der Waals surface area contributed by atoms with Crippen LogP contribution in [0.5, 0.6) is 0 Å². The smallest absolute Gasteiger partial charge is 0 e. The number of rotatable bonds is 0. The molecule has 0 aromatic heterocycles. The van der Waals surface area contributed by atoms with Gasteiger partial charge in [-0.2, -0.15) is 0 Å². The summed E-state index contributed by atoms with van der Waals surface area (Å²) in [5, 5.41) is 0. The molecule has 0 saturated heterocycles. The van der Waals surface area contributed by atoms with E-state index in [1.165, 1.54) is 0 Å². The van der Waals surface area contributed by atoms with Crippen LogP contribution in [0.25, 0.3) is 0 Å². The summed E-state index contributed by atoms with van der Waals surface area (Å²) in [6.07, 6.45) is 0. The molecule has 0 fully saturated rings. The molecule has 0 rings (SSSR count). The fraction of sp³-hybridized carbons (Fsp3) is 0. The summed E-state index contributed by atoms with van der Waals surface area (Å²) in [6.45, 7) is 0. The van der Waals surface area contributed by atoms with E-state index >= 15 is 0 Å². The molecule has 0 radical (unpaired) electrons. The first-order chi connectivity index (χ1) is 0. The standard InChI is InChI=1S/4H2O.Th/h4*1H2;. The predicted molar refractivity (Wildman–Crippen MR) is 14.5 cm³/mol. The molecule has 0 aromatic rings. The van der Waals surface area contributed by atoms with Crippen LogP contribution < -0.4 is 0 Å². The molecule has 5 heavy (non-hydrogen) atoms. The van der Waals surface area contributed by atoms with Gasteiger partial charge in [-0.25, -0.2) is 0 Å². The second-order valence-electron chi connectivity index (χ2n) is 0. The van der Waals surface area contributed by atoms with E-state index in [0.717, 1.165) is 0 Å². The van der Waals surface area contributed by atoms with Crippen LogP contribution in [0.3, 0.4) is 0 Å². The summed E-state index contributed by atoms with van der Waals surface area (Å²) >= 11 is 0. The molecule has 0 amide bonds. The molecule has 0 saturated carbocycles. The molecule has 0 aliphatic rings. The van der Waals surface area contributed by atoms with Gasteiger partial charge in [0.1, 0.15) is 0 Å². The minimum absolute atomic E-state index is 0. The molecule has 5 heteroatoms. The molecule has 0 unspecified atom stereocenters. The SMILES string of the molecule is O.O.O.O.[Th]. The Morgan fingerprint density at radius 1 is 0.400 bits per heavy atom. The van der Waals surface area contributed by atoms with Crippen LogP contribution in [0.15, 0.2) is 0 Å². The zero-order chi connectivity index (χ0) is 0. The molecular weight excluding hydrogens is 296 g/mol. The van der Waals surface area contributed by atoms with Crippen molar-refractivity contribution in [1.29, 1.82) is 0 Å². The Morgan fingerprint density at radius 3 is 0.400 bits per heavy atom. The van der Waals surface area contributed by atoms with Crippen LogP contribution in [0.1, 0.15) is 0 Å². The molecule has 0 aliphatic heterocycles. The number of hydrogen-bond donors (Lipinski definition) is 0. The predicted octanol–water partition coefficient (Wildman–Crippen LogP) is -3.30. The molecule has 8 N–H and O–H groups in total. The summed E-state index contributed by atoms with van der Waals surface area (Å²) in [4.78, 5) is 0. The normalized spacial score (nSPS) is 0. The van der Waals surface area contributed by atoms with Gasteiger partial charge in [0, 0.05) is 39.9 Å². The van der Waals surface area contributed by atoms with E-state index in [-0.39, 0.29) is 61.8 Å². The first kappa shape index (κ1) is 121. The third kappa shape index (κ3) is 38.1. The van der Waals surface area contributed by atoms with E-state index in [0.29, 0.717) is 0 Å². The maximum atomic E-state index is 0. The van der Waals surface area contributed by atoms with Crippen molar-refractivity contribution in [1.82, 2.24) is 0 Å². The molecule has 0 bridgehead atoms. The third-order valence-corrected chi connectivity index (χ3v) is 0. The quantitative estimate of drug-likeness (QED) is 0.444. The zero-order valence-electron chi connectivity index (χ0n) is 2.50. The maximum absolute atomic E-state index is 0. The summed E-state index contributed by atoms with van der Waals surface area (Å²) < 4.78 is 0. The second-order valence-corrected chi connectivity index (χ2v) is 0. The Morgan fingerprint density at radius 2 is 0.400 bits per heavy atom. The maximum Gasteiger partial charge on any atom is 0 e. The third-order valence-electron chi connectivity index (χ3n) is 0. The minimum atomic E-state index is 0. The molecule has 0 atom stereocenters. The van der Waals surface area contributed by atoms with Crippen molar-refractivity contribution in [2.75, 3.05) is 0 Å². The first-order valence-electron chi connectivity index (χ1n) is 0. The summed E-state index contributed by atoms with van der Waals surface area (Å²) in [5.41, 5.74) is 0. The van der Waals surface area contributed by atoms with E-state index in [1.807, 2.05) is 0 Å². The van der Waals surface area contributed by atoms with Gasteiger partial charge in [-0.05, 0) is 0 Å². The van der Waals surface area contributed by atoms with Gasteiger partial charge in [-0.3, -0.25) is 0 Å². The van der Waals surface area contributed by atoms with Crippen molar-refractivity contribution in [2.24, 2.45) is 0 Å². The molecule has 0 aliphatic carbocycles. The fourth-order valence-electron chi connectivity index (χ4n) is 0. The summed E-state index contributed by atoms with van der Waals surface area (Å²) in [7, 11) is 0. The second kappa shape index (κ2) is 66.0. The van der Waals surface area contributed by atoms with Crippen LogP contribution in [0.2, 0.25) is 0 Å². The van der Waals surface area contributed by atoms with Gasteiger partial charge >= 0.3 is 0 Å². The Bertz CT molecular complexity index is 3.61. The molecular formula is H8O4Th. The monoisotopic (exact) mass is 304 g/mol. The van der Waals surface area contributed by atoms with Crippen LogP contribution in [0.4, 0.5) is 0 Å². The van der Waals surface area contributed by atoms with Gasteiger partial charge in [-0.15, -0.1) is 0 Å². The van der Waals surface area contributed by atoms with Crippen molar-refractivity contribution in [3.05, 3.63) is 0 Å². The van der Waals surface area contributed by atoms with Crippen molar-refractivity contribution < 1.29 is 61.8 Å². The van der Waals surface area contributed by atoms with E-state index in [9.17, 15) is 0 Å². The molecule has 36 valence electrons. The van der Waals surface area contributed by atoms with Crippen molar-refractivity contribution in [3.8, 4) is 0 Å². The Hall–Kier alpha value is 1.16. The van der Waals surface area contributed by atoms with Crippen LogP contribution in [0, 0.1) is 39.9 Å². The average molecular weight is 304 g/mol. The van der Waals surface area contributed by atoms with Crippen molar-refractivity contribution in [3.63, 3.8) is 0 Å². The Labute approximate surface area is 61.5 Å². The van der Waals surface area contributed by atoms with E-state index in [2.05, 4.69) is 0 Å². The molecule has 0 heterocycles. The van der Waals surface area contributed by atoms with Gasteiger partial charge in [-0.1, -0.05) is 0 Å². The summed E-state index contributed by atoms with van der Waals surface area (Å²) in [6, 6.07) is 0. The molecule has 4 nitrogen and oxygen atoms in total. The average Bonchev–Trinajstić information content (AvgIpc) is 0. The van der Waals surface area contributed by atoms with Crippen molar-refractivity contribution in [2.45, 2.75) is 0 Å². The topological polar surface area (TPSA) is 126 Å². The largest absolute Gasteiger partial charge is 0.412 e. The zero-order valence-corrected chi connectivity index (χ0v) is 6.61. The minimum Gasteiger partial charge on any atom is -0.412 e. The first-order valence-corrected chi connectivity index (χ1v) is 0. The van der Waals surface area contributed by atoms with E-state index in [4.69, 9.17) is 0 Å².